The second-order valence-corrected chi connectivity index (χ2v) is 8.11. The van der Waals surface area contributed by atoms with E-state index in [1.807, 2.05) is 6.07 Å². The summed E-state index contributed by atoms with van der Waals surface area (Å²) in [6, 6.07) is 12.6. The maximum atomic E-state index is 9.89. The van der Waals surface area contributed by atoms with Crippen LogP contribution in [0.1, 0.15) is 31.4 Å². The van der Waals surface area contributed by atoms with Crippen molar-refractivity contribution in [1.29, 1.82) is 0 Å². The van der Waals surface area contributed by atoms with Gasteiger partial charge in [-0.3, -0.25) is 9.88 Å². The number of benzene rings is 1. The lowest BCUT2D eigenvalue weighted by atomic mass is 9.96. The van der Waals surface area contributed by atoms with Gasteiger partial charge in [0.2, 0.25) is 0 Å². The maximum Gasteiger partial charge on any atom is 0.0705 e. The average molecular weight is 354 g/mol. The number of nitrogens with zero attached hydrogens (tertiary/aromatic N) is 3. The Labute approximate surface area is 156 Å². The third-order valence-electron chi connectivity index (χ3n) is 6.12. The van der Waals surface area contributed by atoms with Gasteiger partial charge >= 0.3 is 0 Å². The van der Waals surface area contributed by atoms with E-state index in [-0.39, 0.29) is 0 Å². The van der Waals surface area contributed by atoms with Crippen LogP contribution in [0.5, 0.6) is 0 Å². The molecule has 26 heavy (non-hydrogen) atoms. The Balaban J connectivity index is 1.39. The highest BCUT2D eigenvalue weighted by molar-refractivity contribution is 5.78. The van der Waals surface area contributed by atoms with Crippen molar-refractivity contribution in [3.05, 3.63) is 42.1 Å². The molecular weight excluding hydrogens is 322 g/mol. The van der Waals surface area contributed by atoms with Crippen LogP contribution in [0.3, 0.4) is 0 Å². The summed E-state index contributed by atoms with van der Waals surface area (Å²) >= 11 is 0. The number of aromatic nitrogens is 1. The summed E-state index contributed by atoms with van der Waals surface area (Å²) in [5.74, 6) is 0.984. The first-order chi connectivity index (χ1) is 12.8. The van der Waals surface area contributed by atoms with E-state index in [2.05, 4.69) is 40.1 Å². The summed E-state index contributed by atoms with van der Waals surface area (Å²) in [6.07, 6.45) is 5.43. The molecule has 2 fully saturated rings. The van der Waals surface area contributed by atoms with Crippen molar-refractivity contribution >= 4 is 10.9 Å². The second kappa shape index (κ2) is 8.47. The van der Waals surface area contributed by atoms with Crippen molar-refractivity contribution in [3.8, 4) is 0 Å². The summed E-state index contributed by atoms with van der Waals surface area (Å²) in [5.41, 5.74) is 2.21. The van der Waals surface area contributed by atoms with Gasteiger partial charge < -0.3 is 10.0 Å². The van der Waals surface area contributed by atoms with Crippen molar-refractivity contribution in [3.63, 3.8) is 0 Å². The number of para-hydroxylation sites is 1. The van der Waals surface area contributed by atoms with Gasteiger partial charge in [-0.05, 0) is 49.9 Å². The molecule has 0 aliphatic carbocycles. The summed E-state index contributed by atoms with van der Waals surface area (Å²) < 4.78 is 0. The van der Waals surface area contributed by atoms with Gasteiger partial charge in [-0.15, -0.1) is 0 Å². The molecule has 0 amide bonds. The smallest absolute Gasteiger partial charge is 0.0705 e. The van der Waals surface area contributed by atoms with E-state index < -0.39 is 0 Å². The molecule has 2 aliphatic rings. The van der Waals surface area contributed by atoms with Crippen molar-refractivity contribution in [2.75, 3.05) is 39.3 Å². The van der Waals surface area contributed by atoms with Crippen LogP contribution in [-0.4, -0.2) is 59.2 Å². The van der Waals surface area contributed by atoms with Gasteiger partial charge in [0.1, 0.15) is 0 Å². The number of aliphatic hydroxyl groups excluding tert-OH is 1. The standard InChI is InChI=1S/C22H31N3O/c26-17-20-15-25(14-19(20)13-24-11-5-1-2-6-12-24)16-21-10-9-18-7-3-4-8-22(18)23-21/h3-4,7-10,19-20,26H,1-2,5-6,11-17H2/t19-,20-/m0/s1. The summed E-state index contributed by atoms with van der Waals surface area (Å²) in [4.78, 5) is 9.95. The number of hydrogen-bond donors (Lipinski definition) is 1. The Kier molecular flexibility index (Phi) is 5.83. The Morgan fingerprint density at radius 1 is 0.885 bits per heavy atom. The number of rotatable bonds is 5. The van der Waals surface area contributed by atoms with E-state index in [0.29, 0.717) is 18.4 Å². The fourth-order valence-electron chi connectivity index (χ4n) is 4.65. The fourth-order valence-corrected chi connectivity index (χ4v) is 4.65. The average Bonchev–Trinajstić information content (AvgIpc) is 2.86. The highest BCUT2D eigenvalue weighted by Crippen LogP contribution is 2.26. The molecule has 2 aliphatic heterocycles. The molecule has 1 N–H and O–H groups in total. The molecule has 2 aromatic rings. The molecule has 4 nitrogen and oxygen atoms in total. The van der Waals surface area contributed by atoms with Crippen LogP contribution < -0.4 is 0 Å². The zero-order valence-electron chi connectivity index (χ0n) is 15.7. The number of hydrogen-bond acceptors (Lipinski definition) is 4. The van der Waals surface area contributed by atoms with Crippen LogP contribution in [0.25, 0.3) is 10.9 Å². The number of fused-ring (bicyclic) bond motifs is 1. The van der Waals surface area contributed by atoms with Gasteiger partial charge in [-0.25, -0.2) is 0 Å². The van der Waals surface area contributed by atoms with Crippen molar-refractivity contribution < 1.29 is 5.11 Å². The molecule has 1 aromatic heterocycles. The van der Waals surface area contributed by atoms with Gasteiger partial charge in [0.15, 0.2) is 0 Å². The van der Waals surface area contributed by atoms with Crippen LogP contribution in [0, 0.1) is 11.8 Å². The van der Waals surface area contributed by atoms with E-state index >= 15 is 0 Å². The van der Waals surface area contributed by atoms with Gasteiger partial charge in [-0.2, -0.15) is 0 Å². The Bertz CT molecular complexity index is 711. The molecule has 0 bridgehead atoms. The zero-order chi connectivity index (χ0) is 17.8. The van der Waals surface area contributed by atoms with E-state index in [9.17, 15) is 5.11 Å². The predicted molar refractivity (Wildman–Crippen MR) is 106 cm³/mol. The van der Waals surface area contributed by atoms with Crippen LogP contribution in [-0.2, 0) is 6.54 Å². The van der Waals surface area contributed by atoms with E-state index in [1.165, 1.54) is 44.2 Å². The lowest BCUT2D eigenvalue weighted by molar-refractivity contribution is 0.165. The van der Waals surface area contributed by atoms with Crippen molar-refractivity contribution in [2.24, 2.45) is 11.8 Å². The van der Waals surface area contributed by atoms with Crippen molar-refractivity contribution in [1.82, 2.24) is 14.8 Å². The molecule has 3 heterocycles. The van der Waals surface area contributed by atoms with Gasteiger partial charge in [0, 0.05) is 38.2 Å². The van der Waals surface area contributed by atoms with Crippen LogP contribution in [0.2, 0.25) is 0 Å². The van der Waals surface area contributed by atoms with E-state index in [0.717, 1.165) is 37.4 Å². The maximum absolute atomic E-state index is 9.89. The predicted octanol–water partition coefficient (Wildman–Crippen LogP) is 3.15. The molecule has 0 radical (unpaired) electrons. The zero-order valence-corrected chi connectivity index (χ0v) is 15.7. The largest absolute Gasteiger partial charge is 0.396 e. The van der Waals surface area contributed by atoms with E-state index in [4.69, 9.17) is 4.98 Å². The first-order valence-electron chi connectivity index (χ1n) is 10.2. The van der Waals surface area contributed by atoms with E-state index in [1.54, 1.807) is 0 Å². The molecule has 4 heteroatoms. The summed E-state index contributed by atoms with van der Waals surface area (Å²) in [7, 11) is 0. The Morgan fingerprint density at radius 2 is 1.65 bits per heavy atom. The summed E-state index contributed by atoms with van der Waals surface area (Å²) in [5, 5.41) is 11.1. The third-order valence-corrected chi connectivity index (χ3v) is 6.12. The molecule has 0 spiro atoms. The molecule has 2 saturated heterocycles. The normalized spacial score (nSPS) is 25.6. The van der Waals surface area contributed by atoms with Crippen LogP contribution >= 0.6 is 0 Å². The van der Waals surface area contributed by atoms with Crippen molar-refractivity contribution in [2.45, 2.75) is 32.2 Å². The number of likely N-dealkylation sites (tertiary alicyclic amines) is 2. The Morgan fingerprint density at radius 3 is 2.46 bits per heavy atom. The molecule has 1 aromatic carbocycles. The minimum Gasteiger partial charge on any atom is -0.396 e. The number of aliphatic hydroxyl groups is 1. The molecule has 0 saturated carbocycles. The first-order valence-corrected chi connectivity index (χ1v) is 10.2. The van der Waals surface area contributed by atoms with Gasteiger partial charge in [-0.1, -0.05) is 37.1 Å². The lowest BCUT2D eigenvalue weighted by Crippen LogP contribution is -2.34. The molecule has 140 valence electrons. The molecule has 4 rings (SSSR count). The summed E-state index contributed by atoms with van der Waals surface area (Å²) in [6.45, 7) is 6.88. The quantitative estimate of drug-likeness (QED) is 0.896. The van der Waals surface area contributed by atoms with Crippen LogP contribution in [0.15, 0.2) is 36.4 Å². The third kappa shape index (κ3) is 4.25. The SMILES string of the molecule is OC[C@@H]1CN(Cc2ccc3ccccc3n2)C[C@@H]1CN1CCCCCC1. The Hall–Kier alpha value is -1.49. The second-order valence-electron chi connectivity index (χ2n) is 8.11. The topological polar surface area (TPSA) is 39.6 Å². The highest BCUT2D eigenvalue weighted by Gasteiger charge is 2.33. The first kappa shape index (κ1) is 17.9. The van der Waals surface area contributed by atoms with Gasteiger partial charge in [0.05, 0.1) is 11.2 Å². The lowest BCUT2D eigenvalue weighted by Gasteiger charge is -2.26. The van der Waals surface area contributed by atoms with Gasteiger partial charge in [0.25, 0.3) is 0 Å². The fraction of sp³-hybridized carbons (Fsp3) is 0.591. The minimum absolute atomic E-state index is 0.306. The minimum atomic E-state index is 0.306. The molecule has 0 unspecified atom stereocenters. The highest BCUT2D eigenvalue weighted by atomic mass is 16.3. The van der Waals surface area contributed by atoms with Crippen LogP contribution in [0.4, 0.5) is 0 Å². The molecule has 2 atom stereocenters. The molecular formula is C22H31N3O. The monoisotopic (exact) mass is 353 g/mol. The number of pyridine rings is 1.